The van der Waals surface area contributed by atoms with E-state index >= 15 is 0 Å². The van der Waals surface area contributed by atoms with Gasteiger partial charge in [0.15, 0.2) is 0 Å². The smallest absolute Gasteiger partial charge is 0.272 e. The molecule has 2 aromatic heterocycles. The predicted molar refractivity (Wildman–Crippen MR) is 106 cm³/mol. The van der Waals surface area contributed by atoms with E-state index < -0.39 is 0 Å². The molecule has 0 aliphatic carbocycles. The number of anilines is 2. The van der Waals surface area contributed by atoms with Gasteiger partial charge >= 0.3 is 0 Å². The van der Waals surface area contributed by atoms with Gasteiger partial charge in [0.2, 0.25) is 5.95 Å². The molecule has 0 radical (unpaired) electrons. The summed E-state index contributed by atoms with van der Waals surface area (Å²) in [7, 11) is 0. The highest BCUT2D eigenvalue weighted by atomic mass is 19.1. The van der Waals surface area contributed by atoms with E-state index in [1.807, 2.05) is 0 Å². The van der Waals surface area contributed by atoms with Crippen LogP contribution in [0.15, 0.2) is 55.1 Å². The van der Waals surface area contributed by atoms with Gasteiger partial charge in [0.25, 0.3) is 5.91 Å². The van der Waals surface area contributed by atoms with Crippen LogP contribution in [0.1, 0.15) is 16.1 Å². The van der Waals surface area contributed by atoms with E-state index in [0.29, 0.717) is 50.2 Å². The molecular weight excluding hydrogens is 373 g/mol. The Hall–Kier alpha value is -3.62. The summed E-state index contributed by atoms with van der Waals surface area (Å²) in [5, 5.41) is 3.14. The molecule has 3 aromatic rings. The number of nitrogens with one attached hydrogen (secondary N) is 1. The SMILES string of the molecule is O=C(c1cc(NCc2ccc(F)cc2)ncn1)N1CCN(c2ncccn2)CC1. The molecule has 0 spiro atoms. The molecule has 1 saturated heterocycles. The summed E-state index contributed by atoms with van der Waals surface area (Å²) in [5.74, 6) is 0.811. The number of benzene rings is 1. The molecule has 0 saturated carbocycles. The Morgan fingerprint density at radius 1 is 1.00 bits per heavy atom. The van der Waals surface area contributed by atoms with E-state index in [2.05, 4.69) is 30.2 Å². The lowest BCUT2D eigenvalue weighted by molar-refractivity contribution is 0.0740. The van der Waals surface area contributed by atoms with Gasteiger partial charge in [0, 0.05) is 51.2 Å². The predicted octanol–water partition coefficient (Wildman–Crippen LogP) is 1.98. The van der Waals surface area contributed by atoms with Crippen LogP contribution in [0.4, 0.5) is 16.2 Å². The topological polar surface area (TPSA) is 87.1 Å². The third kappa shape index (κ3) is 4.63. The molecule has 0 bridgehead atoms. The van der Waals surface area contributed by atoms with Crippen molar-refractivity contribution in [2.24, 2.45) is 0 Å². The van der Waals surface area contributed by atoms with Gasteiger partial charge in [-0.05, 0) is 23.8 Å². The van der Waals surface area contributed by atoms with Crippen LogP contribution in [0.25, 0.3) is 0 Å². The lowest BCUT2D eigenvalue weighted by Crippen LogP contribution is -2.49. The number of piperazine rings is 1. The molecule has 9 heteroatoms. The van der Waals surface area contributed by atoms with Crippen LogP contribution in [-0.2, 0) is 6.54 Å². The van der Waals surface area contributed by atoms with Gasteiger partial charge in [-0.2, -0.15) is 0 Å². The first-order valence-electron chi connectivity index (χ1n) is 9.30. The van der Waals surface area contributed by atoms with Gasteiger partial charge in [0.05, 0.1) is 0 Å². The van der Waals surface area contributed by atoms with E-state index in [1.54, 1.807) is 41.6 Å². The van der Waals surface area contributed by atoms with Gasteiger partial charge in [-0.15, -0.1) is 0 Å². The van der Waals surface area contributed by atoms with Crippen molar-refractivity contribution in [3.63, 3.8) is 0 Å². The van der Waals surface area contributed by atoms with Crippen molar-refractivity contribution in [1.29, 1.82) is 0 Å². The minimum Gasteiger partial charge on any atom is -0.366 e. The first-order valence-corrected chi connectivity index (χ1v) is 9.30. The number of rotatable bonds is 5. The van der Waals surface area contributed by atoms with Crippen LogP contribution in [0.2, 0.25) is 0 Å². The summed E-state index contributed by atoms with van der Waals surface area (Å²) in [6, 6.07) is 9.63. The molecule has 4 rings (SSSR count). The summed E-state index contributed by atoms with van der Waals surface area (Å²) in [6.07, 6.45) is 4.79. The van der Waals surface area contributed by atoms with E-state index in [4.69, 9.17) is 0 Å². The number of aromatic nitrogens is 4. The normalized spacial score (nSPS) is 14.0. The summed E-state index contributed by atoms with van der Waals surface area (Å²) in [5.41, 5.74) is 1.25. The summed E-state index contributed by atoms with van der Waals surface area (Å²) < 4.78 is 13.0. The molecule has 1 amide bonds. The Balaban J connectivity index is 1.35. The number of halogens is 1. The number of carbonyl (C=O) groups is 1. The van der Waals surface area contributed by atoms with Crippen LogP contribution >= 0.6 is 0 Å². The highest BCUT2D eigenvalue weighted by molar-refractivity contribution is 5.93. The van der Waals surface area contributed by atoms with Crippen LogP contribution < -0.4 is 10.2 Å². The minimum atomic E-state index is -0.275. The third-order valence-corrected chi connectivity index (χ3v) is 4.67. The lowest BCUT2D eigenvalue weighted by Gasteiger charge is -2.34. The fourth-order valence-corrected chi connectivity index (χ4v) is 3.09. The fourth-order valence-electron chi connectivity index (χ4n) is 3.09. The monoisotopic (exact) mass is 393 g/mol. The summed E-state index contributed by atoms with van der Waals surface area (Å²) in [6.45, 7) is 2.94. The average molecular weight is 393 g/mol. The Morgan fingerprint density at radius 2 is 1.72 bits per heavy atom. The minimum absolute atomic E-state index is 0.133. The van der Waals surface area contributed by atoms with Crippen molar-refractivity contribution in [2.75, 3.05) is 36.4 Å². The highest BCUT2D eigenvalue weighted by Crippen LogP contribution is 2.14. The van der Waals surface area contributed by atoms with Gasteiger partial charge < -0.3 is 15.1 Å². The zero-order chi connectivity index (χ0) is 20.1. The zero-order valence-electron chi connectivity index (χ0n) is 15.7. The maximum atomic E-state index is 13.0. The van der Waals surface area contributed by atoms with Crippen molar-refractivity contribution in [2.45, 2.75) is 6.54 Å². The summed E-state index contributed by atoms with van der Waals surface area (Å²) >= 11 is 0. The lowest BCUT2D eigenvalue weighted by atomic mass is 10.2. The molecule has 1 fully saturated rings. The Labute approximate surface area is 167 Å². The van der Waals surface area contributed by atoms with Crippen molar-refractivity contribution in [1.82, 2.24) is 24.8 Å². The zero-order valence-corrected chi connectivity index (χ0v) is 15.7. The largest absolute Gasteiger partial charge is 0.366 e. The van der Waals surface area contributed by atoms with Crippen LogP contribution in [-0.4, -0.2) is 56.9 Å². The highest BCUT2D eigenvalue weighted by Gasteiger charge is 2.24. The molecular formula is C20H20FN7O. The Morgan fingerprint density at radius 3 is 2.45 bits per heavy atom. The fraction of sp³-hybridized carbons (Fsp3) is 0.250. The van der Waals surface area contributed by atoms with Gasteiger partial charge in [0.1, 0.15) is 23.7 Å². The number of amides is 1. The number of hydrogen-bond acceptors (Lipinski definition) is 7. The molecule has 1 N–H and O–H groups in total. The number of nitrogens with zero attached hydrogens (tertiary/aromatic N) is 6. The molecule has 0 atom stereocenters. The van der Waals surface area contributed by atoms with Gasteiger partial charge in [-0.1, -0.05) is 12.1 Å². The second-order valence-corrected chi connectivity index (χ2v) is 6.60. The second kappa shape index (κ2) is 8.59. The second-order valence-electron chi connectivity index (χ2n) is 6.60. The van der Waals surface area contributed by atoms with Crippen molar-refractivity contribution < 1.29 is 9.18 Å². The number of hydrogen-bond donors (Lipinski definition) is 1. The molecule has 1 aromatic carbocycles. The molecule has 8 nitrogen and oxygen atoms in total. The quantitative estimate of drug-likeness (QED) is 0.709. The first-order chi connectivity index (χ1) is 14.2. The maximum absolute atomic E-state index is 13.0. The Kier molecular flexibility index (Phi) is 5.55. The van der Waals surface area contributed by atoms with E-state index in [0.717, 1.165) is 5.56 Å². The standard InChI is InChI=1S/C20H20FN7O/c21-16-4-2-15(3-5-16)13-24-18-12-17(25-14-26-18)19(29)27-8-10-28(11-9-27)20-22-6-1-7-23-20/h1-7,12,14H,8-11,13H2,(H,24,25,26). The molecule has 1 aliphatic heterocycles. The van der Waals surface area contributed by atoms with Crippen LogP contribution in [0.3, 0.4) is 0 Å². The van der Waals surface area contributed by atoms with Crippen molar-refractivity contribution in [3.8, 4) is 0 Å². The molecule has 0 unspecified atom stereocenters. The van der Waals surface area contributed by atoms with Crippen LogP contribution in [0.5, 0.6) is 0 Å². The van der Waals surface area contributed by atoms with Gasteiger partial charge in [-0.3, -0.25) is 4.79 Å². The van der Waals surface area contributed by atoms with E-state index in [9.17, 15) is 9.18 Å². The first kappa shape index (κ1) is 18.7. The molecule has 148 valence electrons. The van der Waals surface area contributed by atoms with E-state index in [-0.39, 0.29) is 11.7 Å². The van der Waals surface area contributed by atoms with Crippen molar-refractivity contribution >= 4 is 17.7 Å². The maximum Gasteiger partial charge on any atom is 0.272 e. The van der Waals surface area contributed by atoms with Crippen molar-refractivity contribution in [3.05, 3.63) is 72.2 Å². The molecule has 1 aliphatic rings. The summed E-state index contributed by atoms with van der Waals surface area (Å²) in [4.78, 5) is 33.4. The Bertz CT molecular complexity index is 960. The molecule has 29 heavy (non-hydrogen) atoms. The van der Waals surface area contributed by atoms with Crippen LogP contribution in [0, 0.1) is 5.82 Å². The third-order valence-electron chi connectivity index (χ3n) is 4.67. The average Bonchev–Trinajstić information content (AvgIpc) is 2.79. The molecule has 3 heterocycles. The van der Waals surface area contributed by atoms with E-state index in [1.165, 1.54) is 18.5 Å². The number of carbonyl (C=O) groups excluding carboxylic acids is 1. The van der Waals surface area contributed by atoms with Gasteiger partial charge in [-0.25, -0.2) is 24.3 Å².